The SMILES string of the molecule is c1ccc(-c2ccc(N(c3ccccc3)c3ccc4c(c3)sc3ccccc34)c3oc4cc(N(c5ccccc5)c5ccc6c(c5)sc5ccc(C(c7ccccc7)c7ccccc7)cc56)ccc4c23)cc1. The summed E-state index contributed by atoms with van der Waals surface area (Å²) in [4.78, 5) is 4.71. The second kappa shape index (κ2) is 17.6. The van der Waals surface area contributed by atoms with Crippen LogP contribution in [0.2, 0.25) is 0 Å². The Kier molecular flexibility index (Phi) is 10.3. The second-order valence-electron chi connectivity index (χ2n) is 18.4. The number of hydrogen-bond donors (Lipinski definition) is 0. The smallest absolute Gasteiger partial charge is 0.160 e. The van der Waals surface area contributed by atoms with Crippen LogP contribution in [-0.4, -0.2) is 0 Å². The molecule has 0 radical (unpaired) electrons. The third kappa shape index (κ3) is 7.24. The Morgan fingerprint density at radius 1 is 0.319 bits per heavy atom. The first-order chi connectivity index (χ1) is 35.7. The van der Waals surface area contributed by atoms with Crippen LogP contribution in [0.4, 0.5) is 34.1 Å². The molecule has 0 saturated carbocycles. The van der Waals surface area contributed by atoms with Crippen molar-refractivity contribution in [3.05, 3.63) is 278 Å². The molecular formula is C67H44N2OS2. The van der Waals surface area contributed by atoms with Gasteiger partial charge in [0.05, 0.1) is 5.69 Å². The van der Waals surface area contributed by atoms with Crippen molar-refractivity contribution in [2.24, 2.45) is 0 Å². The fourth-order valence-corrected chi connectivity index (χ4v) is 13.1. The largest absolute Gasteiger partial charge is 0.454 e. The van der Waals surface area contributed by atoms with Gasteiger partial charge in [-0.3, -0.25) is 0 Å². The Balaban J connectivity index is 0.924. The summed E-state index contributed by atoms with van der Waals surface area (Å²) < 4.78 is 12.4. The van der Waals surface area contributed by atoms with Gasteiger partial charge in [-0.2, -0.15) is 0 Å². The maximum atomic E-state index is 7.31. The number of anilines is 6. The molecule has 14 aromatic rings. The van der Waals surface area contributed by atoms with E-state index >= 15 is 0 Å². The summed E-state index contributed by atoms with van der Waals surface area (Å²) >= 11 is 3.69. The molecule has 0 unspecified atom stereocenters. The Morgan fingerprint density at radius 2 is 0.819 bits per heavy atom. The molecule has 0 atom stereocenters. The number of thiophene rings is 2. The van der Waals surface area contributed by atoms with Crippen molar-refractivity contribution in [1.29, 1.82) is 0 Å². The Hall–Kier alpha value is -8.74. The number of nitrogens with zero attached hydrogens (tertiary/aromatic N) is 2. The molecule has 0 N–H and O–H groups in total. The summed E-state index contributed by atoms with van der Waals surface area (Å²) in [6.45, 7) is 0. The molecule has 72 heavy (non-hydrogen) atoms. The molecule has 340 valence electrons. The van der Waals surface area contributed by atoms with E-state index in [1.807, 2.05) is 22.7 Å². The van der Waals surface area contributed by atoms with E-state index in [2.05, 4.69) is 271 Å². The molecule has 0 aliphatic rings. The van der Waals surface area contributed by atoms with Crippen LogP contribution in [0.3, 0.4) is 0 Å². The highest BCUT2D eigenvalue weighted by Crippen LogP contribution is 2.49. The van der Waals surface area contributed by atoms with Crippen LogP contribution >= 0.6 is 22.7 Å². The monoisotopic (exact) mass is 956 g/mol. The fourth-order valence-electron chi connectivity index (χ4n) is 10.9. The molecular weight excluding hydrogens is 913 g/mol. The lowest BCUT2D eigenvalue weighted by Crippen LogP contribution is -2.10. The van der Waals surface area contributed by atoms with Crippen molar-refractivity contribution >= 4 is 119 Å². The zero-order valence-electron chi connectivity index (χ0n) is 39.0. The summed E-state index contributed by atoms with van der Waals surface area (Å²) in [5.74, 6) is 0.130. The predicted octanol–water partition coefficient (Wildman–Crippen LogP) is 20.1. The minimum atomic E-state index is 0.130. The minimum absolute atomic E-state index is 0.130. The highest BCUT2D eigenvalue weighted by molar-refractivity contribution is 7.26. The highest BCUT2D eigenvalue weighted by atomic mass is 32.1. The van der Waals surface area contributed by atoms with Gasteiger partial charge in [0.1, 0.15) is 5.58 Å². The third-order valence-electron chi connectivity index (χ3n) is 14.2. The topological polar surface area (TPSA) is 19.6 Å². The highest BCUT2D eigenvalue weighted by Gasteiger charge is 2.25. The van der Waals surface area contributed by atoms with E-state index in [1.54, 1.807) is 0 Å². The van der Waals surface area contributed by atoms with Gasteiger partial charge in [-0.05, 0) is 113 Å². The number of para-hydroxylation sites is 2. The molecule has 0 aliphatic heterocycles. The molecule has 0 amide bonds. The van der Waals surface area contributed by atoms with E-state index in [-0.39, 0.29) is 5.92 Å². The quantitative estimate of drug-likeness (QED) is 0.127. The van der Waals surface area contributed by atoms with Gasteiger partial charge in [0, 0.05) is 91.5 Å². The molecule has 11 aromatic carbocycles. The zero-order valence-corrected chi connectivity index (χ0v) is 40.7. The van der Waals surface area contributed by atoms with Gasteiger partial charge < -0.3 is 14.2 Å². The van der Waals surface area contributed by atoms with Crippen LogP contribution in [-0.2, 0) is 0 Å². The van der Waals surface area contributed by atoms with E-state index in [1.165, 1.54) is 57.0 Å². The zero-order chi connectivity index (χ0) is 47.5. The first kappa shape index (κ1) is 42.2. The Bertz CT molecular complexity index is 4240. The molecule has 0 fully saturated rings. The molecule has 0 spiro atoms. The molecule has 14 rings (SSSR count). The maximum Gasteiger partial charge on any atom is 0.160 e. The lowest BCUT2D eigenvalue weighted by molar-refractivity contribution is 0.669. The average Bonchev–Trinajstić information content (AvgIpc) is 4.14. The van der Waals surface area contributed by atoms with Crippen molar-refractivity contribution in [3.8, 4) is 11.1 Å². The molecule has 0 bridgehead atoms. The molecule has 3 nitrogen and oxygen atoms in total. The van der Waals surface area contributed by atoms with Gasteiger partial charge in [0.2, 0.25) is 0 Å². The van der Waals surface area contributed by atoms with Gasteiger partial charge in [-0.25, -0.2) is 0 Å². The van der Waals surface area contributed by atoms with Crippen molar-refractivity contribution in [2.75, 3.05) is 9.80 Å². The average molecular weight is 957 g/mol. The lowest BCUT2D eigenvalue weighted by atomic mass is 9.85. The second-order valence-corrected chi connectivity index (χ2v) is 20.6. The Labute approximate surface area is 425 Å². The first-order valence-corrected chi connectivity index (χ1v) is 26.1. The fraction of sp³-hybridized carbons (Fsp3) is 0.0149. The maximum absolute atomic E-state index is 7.31. The van der Waals surface area contributed by atoms with Crippen molar-refractivity contribution in [3.63, 3.8) is 0 Å². The van der Waals surface area contributed by atoms with E-state index < -0.39 is 0 Å². The number of benzene rings is 11. The normalized spacial score (nSPS) is 11.7. The number of furan rings is 1. The first-order valence-electron chi connectivity index (χ1n) is 24.4. The van der Waals surface area contributed by atoms with Crippen LogP contribution < -0.4 is 9.80 Å². The molecule has 3 heterocycles. The van der Waals surface area contributed by atoms with Gasteiger partial charge in [-0.15, -0.1) is 22.7 Å². The number of hydrogen-bond acceptors (Lipinski definition) is 5. The predicted molar refractivity (Wildman–Crippen MR) is 308 cm³/mol. The van der Waals surface area contributed by atoms with Crippen LogP contribution in [0.5, 0.6) is 0 Å². The van der Waals surface area contributed by atoms with Crippen molar-refractivity contribution < 1.29 is 4.42 Å². The van der Waals surface area contributed by atoms with Gasteiger partial charge in [-0.1, -0.05) is 170 Å². The summed E-state index contributed by atoms with van der Waals surface area (Å²) in [5, 5.41) is 7.25. The molecule has 0 saturated heterocycles. The van der Waals surface area contributed by atoms with Crippen LogP contribution in [0.15, 0.2) is 265 Å². The third-order valence-corrected chi connectivity index (χ3v) is 16.4. The molecule has 3 aromatic heterocycles. The summed E-state index contributed by atoms with van der Waals surface area (Å²) in [7, 11) is 0. The summed E-state index contributed by atoms with van der Waals surface area (Å²) in [6.07, 6.45) is 0. The van der Waals surface area contributed by atoms with Gasteiger partial charge in [0.25, 0.3) is 0 Å². The molecule has 0 aliphatic carbocycles. The minimum Gasteiger partial charge on any atom is -0.454 e. The van der Waals surface area contributed by atoms with Crippen molar-refractivity contribution in [1.82, 2.24) is 0 Å². The molecule has 5 heteroatoms. The van der Waals surface area contributed by atoms with Crippen LogP contribution in [0.1, 0.15) is 22.6 Å². The van der Waals surface area contributed by atoms with Crippen LogP contribution in [0.25, 0.3) is 73.4 Å². The van der Waals surface area contributed by atoms with Crippen molar-refractivity contribution in [2.45, 2.75) is 5.92 Å². The Morgan fingerprint density at radius 3 is 1.47 bits per heavy atom. The van der Waals surface area contributed by atoms with Crippen LogP contribution in [0, 0.1) is 0 Å². The van der Waals surface area contributed by atoms with Gasteiger partial charge >= 0.3 is 0 Å². The van der Waals surface area contributed by atoms with Gasteiger partial charge in [0.15, 0.2) is 5.58 Å². The van der Waals surface area contributed by atoms with E-state index in [0.717, 1.165) is 67.2 Å². The van der Waals surface area contributed by atoms with E-state index in [0.29, 0.717) is 0 Å². The lowest BCUT2D eigenvalue weighted by Gasteiger charge is -2.26. The van der Waals surface area contributed by atoms with E-state index in [4.69, 9.17) is 4.42 Å². The summed E-state index contributed by atoms with van der Waals surface area (Å²) in [6, 6.07) is 94.6. The standard InChI is InChI=1S/C67H44N2OS2/c1-6-18-44(19-7-1)53-37-38-59(69(49-26-14-5-15-27-49)52-32-34-55-54-28-16-17-29-61(54)71-63(55)43-52)67-66(53)57-36-33-50(41-60(57)70-67)68(48-24-12-4-13-25-48)51-31-35-56-58-40-47(30-39-62(58)72-64(56)42-51)65(45-20-8-2-9-21-45)46-22-10-3-11-23-46/h1-43,65H. The van der Waals surface area contributed by atoms with E-state index in [9.17, 15) is 0 Å². The number of rotatable bonds is 10. The summed E-state index contributed by atoms with van der Waals surface area (Å²) in [5.41, 5.74) is 14.1. The number of fused-ring (bicyclic) bond motifs is 9.